The van der Waals surface area contributed by atoms with E-state index in [2.05, 4.69) is 15.0 Å². The van der Waals surface area contributed by atoms with Crippen LogP contribution in [0.25, 0.3) is 21.9 Å². The summed E-state index contributed by atoms with van der Waals surface area (Å²) in [6.45, 7) is 0.0307. The molecule has 0 bridgehead atoms. The van der Waals surface area contributed by atoms with Crippen LogP contribution in [-0.2, 0) is 4.74 Å². The first-order chi connectivity index (χ1) is 10.3. The molecule has 0 radical (unpaired) electrons. The first kappa shape index (κ1) is 12.5. The summed E-state index contributed by atoms with van der Waals surface area (Å²) in [6.07, 6.45) is 4.51. The summed E-state index contributed by atoms with van der Waals surface area (Å²) in [4.78, 5) is 22.9. The van der Waals surface area contributed by atoms with Crippen LogP contribution in [0.2, 0.25) is 0 Å². The summed E-state index contributed by atoms with van der Waals surface area (Å²) in [6, 6.07) is 3.59. The molecule has 1 aliphatic heterocycles. The summed E-state index contributed by atoms with van der Waals surface area (Å²) in [5, 5.41) is 9.69. The van der Waals surface area contributed by atoms with Crippen molar-refractivity contribution in [1.82, 2.24) is 19.5 Å². The topological polar surface area (TPSA) is 93.0 Å². The van der Waals surface area contributed by atoms with Crippen molar-refractivity contribution in [3.05, 3.63) is 35.1 Å². The van der Waals surface area contributed by atoms with Crippen LogP contribution in [0, 0.1) is 0 Å². The van der Waals surface area contributed by atoms with Gasteiger partial charge >= 0.3 is 0 Å². The van der Waals surface area contributed by atoms with Crippen molar-refractivity contribution in [3.8, 4) is 0 Å². The Hall–Kier alpha value is -2.25. The smallest absolute Gasteiger partial charge is 0.258 e. The number of aliphatic hydroxyl groups is 1. The number of ether oxygens (including phenoxy) is 1. The molecule has 3 heterocycles. The van der Waals surface area contributed by atoms with Gasteiger partial charge in [-0.2, -0.15) is 0 Å². The van der Waals surface area contributed by atoms with Crippen molar-refractivity contribution < 1.29 is 9.84 Å². The predicted octanol–water partition coefficient (Wildman–Crippen LogP) is 0.943. The minimum atomic E-state index is -0.172. The molecule has 21 heavy (non-hydrogen) atoms. The van der Waals surface area contributed by atoms with E-state index in [0.29, 0.717) is 10.9 Å². The zero-order chi connectivity index (χ0) is 14.4. The highest BCUT2D eigenvalue weighted by atomic mass is 16.5. The Labute approximate surface area is 119 Å². The van der Waals surface area contributed by atoms with Gasteiger partial charge in [-0.15, -0.1) is 0 Å². The lowest BCUT2D eigenvalue weighted by Gasteiger charge is -2.14. The highest BCUT2D eigenvalue weighted by Crippen LogP contribution is 2.31. The Balaban J connectivity index is 1.86. The quantitative estimate of drug-likeness (QED) is 0.731. The minimum absolute atomic E-state index is 0.0307. The standard InChI is InChI=1S/C14H14N4O3/c19-5-8-1-2-13(21-8)18-7-17-11-3-9-10(4-12(11)18)15-6-16-14(9)20/h3-4,6-8,13,19H,1-2,5H2,(H,15,16,20). The monoisotopic (exact) mass is 286 g/mol. The van der Waals surface area contributed by atoms with Crippen molar-refractivity contribution in [2.24, 2.45) is 0 Å². The summed E-state index contributed by atoms with van der Waals surface area (Å²) >= 11 is 0. The molecular weight excluding hydrogens is 272 g/mol. The number of benzene rings is 1. The molecule has 0 spiro atoms. The number of H-pyrrole nitrogens is 1. The van der Waals surface area contributed by atoms with E-state index in [1.807, 2.05) is 10.6 Å². The predicted molar refractivity (Wildman–Crippen MR) is 75.9 cm³/mol. The van der Waals surface area contributed by atoms with E-state index in [-0.39, 0.29) is 24.5 Å². The van der Waals surface area contributed by atoms with E-state index in [4.69, 9.17) is 9.84 Å². The maximum atomic E-state index is 11.8. The van der Waals surface area contributed by atoms with Crippen LogP contribution in [0.15, 0.2) is 29.6 Å². The number of rotatable bonds is 2. The van der Waals surface area contributed by atoms with E-state index >= 15 is 0 Å². The minimum Gasteiger partial charge on any atom is -0.394 e. The first-order valence-corrected chi connectivity index (χ1v) is 6.86. The molecule has 0 amide bonds. The number of aromatic amines is 1. The molecule has 1 aliphatic rings. The number of nitrogens with zero attached hydrogens (tertiary/aromatic N) is 3. The first-order valence-electron chi connectivity index (χ1n) is 6.86. The average molecular weight is 286 g/mol. The van der Waals surface area contributed by atoms with Gasteiger partial charge in [0, 0.05) is 0 Å². The summed E-state index contributed by atoms with van der Waals surface area (Å²) < 4.78 is 7.72. The Morgan fingerprint density at radius 2 is 2.24 bits per heavy atom. The molecule has 4 rings (SSSR count). The number of hydrogen-bond acceptors (Lipinski definition) is 5. The molecular formula is C14H14N4O3. The van der Waals surface area contributed by atoms with Gasteiger partial charge in [-0.05, 0) is 25.0 Å². The molecule has 1 aromatic carbocycles. The third-order valence-corrected chi connectivity index (χ3v) is 3.94. The van der Waals surface area contributed by atoms with Crippen LogP contribution in [-0.4, -0.2) is 37.3 Å². The maximum Gasteiger partial charge on any atom is 0.258 e. The summed E-state index contributed by atoms with van der Waals surface area (Å²) in [5.74, 6) is 0. The van der Waals surface area contributed by atoms with Crippen LogP contribution in [0.1, 0.15) is 19.1 Å². The Morgan fingerprint density at radius 1 is 1.33 bits per heavy atom. The molecule has 0 aliphatic carbocycles. The van der Waals surface area contributed by atoms with Gasteiger partial charge in [0.1, 0.15) is 6.23 Å². The van der Waals surface area contributed by atoms with Crippen LogP contribution in [0.4, 0.5) is 0 Å². The van der Waals surface area contributed by atoms with Gasteiger partial charge < -0.3 is 19.4 Å². The zero-order valence-corrected chi connectivity index (χ0v) is 11.2. The third-order valence-electron chi connectivity index (χ3n) is 3.94. The lowest BCUT2D eigenvalue weighted by Crippen LogP contribution is -2.14. The Kier molecular flexibility index (Phi) is 2.76. The third kappa shape index (κ3) is 1.93. The fourth-order valence-corrected chi connectivity index (χ4v) is 2.84. The van der Waals surface area contributed by atoms with E-state index < -0.39 is 0 Å². The number of fused-ring (bicyclic) bond motifs is 2. The SMILES string of the molecule is O=c1[nH]cnc2cc3c(cc12)ncn3C1CCC(CO)O1. The van der Waals surface area contributed by atoms with Crippen molar-refractivity contribution in [1.29, 1.82) is 0 Å². The molecule has 2 aromatic heterocycles. The van der Waals surface area contributed by atoms with Gasteiger partial charge in [0.15, 0.2) is 0 Å². The fourth-order valence-electron chi connectivity index (χ4n) is 2.84. The van der Waals surface area contributed by atoms with Crippen molar-refractivity contribution in [2.45, 2.75) is 25.2 Å². The van der Waals surface area contributed by atoms with E-state index in [0.717, 1.165) is 23.9 Å². The molecule has 108 valence electrons. The molecule has 2 N–H and O–H groups in total. The van der Waals surface area contributed by atoms with Gasteiger partial charge in [-0.25, -0.2) is 9.97 Å². The molecule has 7 heteroatoms. The van der Waals surface area contributed by atoms with Crippen LogP contribution in [0.5, 0.6) is 0 Å². The molecule has 2 unspecified atom stereocenters. The second-order valence-electron chi connectivity index (χ2n) is 5.21. The largest absolute Gasteiger partial charge is 0.394 e. The molecule has 1 fully saturated rings. The summed E-state index contributed by atoms with van der Waals surface area (Å²) in [7, 11) is 0. The highest BCUT2D eigenvalue weighted by molar-refractivity contribution is 5.92. The number of hydrogen-bond donors (Lipinski definition) is 2. The van der Waals surface area contributed by atoms with Crippen molar-refractivity contribution in [2.75, 3.05) is 6.61 Å². The number of aliphatic hydroxyl groups excluding tert-OH is 1. The Morgan fingerprint density at radius 3 is 3.05 bits per heavy atom. The second-order valence-corrected chi connectivity index (χ2v) is 5.21. The molecule has 0 saturated carbocycles. The van der Waals surface area contributed by atoms with Crippen LogP contribution >= 0.6 is 0 Å². The van der Waals surface area contributed by atoms with Crippen molar-refractivity contribution >= 4 is 21.9 Å². The summed E-state index contributed by atoms with van der Waals surface area (Å²) in [5.41, 5.74) is 2.07. The molecule has 1 saturated heterocycles. The van der Waals surface area contributed by atoms with E-state index in [1.165, 1.54) is 6.33 Å². The van der Waals surface area contributed by atoms with E-state index in [1.54, 1.807) is 12.4 Å². The van der Waals surface area contributed by atoms with Gasteiger partial charge in [0.25, 0.3) is 5.56 Å². The van der Waals surface area contributed by atoms with Gasteiger partial charge in [-0.1, -0.05) is 0 Å². The number of aromatic nitrogens is 4. The van der Waals surface area contributed by atoms with Gasteiger partial charge in [-0.3, -0.25) is 4.79 Å². The lowest BCUT2D eigenvalue weighted by atomic mass is 10.2. The number of nitrogens with one attached hydrogen (secondary N) is 1. The highest BCUT2D eigenvalue weighted by Gasteiger charge is 2.27. The normalized spacial score (nSPS) is 22.3. The van der Waals surface area contributed by atoms with Crippen LogP contribution in [0.3, 0.4) is 0 Å². The van der Waals surface area contributed by atoms with Crippen molar-refractivity contribution in [3.63, 3.8) is 0 Å². The van der Waals surface area contributed by atoms with Gasteiger partial charge in [0.05, 0.1) is 47.3 Å². The number of imidazole rings is 1. The average Bonchev–Trinajstić information content (AvgIpc) is 3.11. The Bertz CT molecular complexity index is 869. The van der Waals surface area contributed by atoms with Crippen LogP contribution < -0.4 is 5.56 Å². The molecule has 7 nitrogen and oxygen atoms in total. The fraction of sp³-hybridized carbons (Fsp3) is 0.357. The molecule has 3 aromatic rings. The second kappa shape index (κ2) is 4.64. The molecule has 2 atom stereocenters. The zero-order valence-electron chi connectivity index (χ0n) is 11.2. The maximum absolute atomic E-state index is 11.8. The van der Waals surface area contributed by atoms with E-state index in [9.17, 15) is 4.79 Å². The lowest BCUT2D eigenvalue weighted by molar-refractivity contribution is -0.0204. The van der Waals surface area contributed by atoms with Gasteiger partial charge in [0.2, 0.25) is 0 Å².